The number of rotatable bonds is 4. The molecule has 0 radical (unpaired) electrons. The smallest absolute Gasteiger partial charge is 0.127 e. The molecule has 1 atom stereocenters. The maximum absolute atomic E-state index is 13.8. The van der Waals surface area contributed by atoms with E-state index in [0.29, 0.717) is 17.0 Å². The average molecular weight is 279 g/mol. The lowest BCUT2D eigenvalue weighted by atomic mass is 9.92. The third kappa shape index (κ3) is 3.34. The molecule has 0 aliphatic carbocycles. The minimum absolute atomic E-state index is 0.0340. The van der Waals surface area contributed by atoms with E-state index in [1.165, 1.54) is 6.07 Å². The van der Waals surface area contributed by atoms with E-state index in [9.17, 15) is 9.50 Å². The molecule has 0 saturated heterocycles. The molecule has 1 N–H and O–H groups in total. The minimum Gasteiger partial charge on any atom is -0.396 e. The van der Waals surface area contributed by atoms with Crippen LogP contribution in [0, 0.1) is 12.7 Å². The fourth-order valence-corrected chi connectivity index (χ4v) is 2.34. The number of aliphatic hydroxyl groups excluding tert-OH is 1. The average Bonchev–Trinajstić information content (AvgIpc) is 2.40. The molecule has 2 aromatic rings. The molecule has 100 valence electrons. The molecule has 0 aliphatic heterocycles. The number of aryl methyl sites for hydroxylation is 1. The molecule has 2 rings (SSSR count). The fourth-order valence-electron chi connectivity index (χ4n) is 2.10. The van der Waals surface area contributed by atoms with Gasteiger partial charge in [-0.1, -0.05) is 47.5 Å². The Morgan fingerprint density at radius 3 is 2.42 bits per heavy atom. The summed E-state index contributed by atoms with van der Waals surface area (Å²) in [4.78, 5) is 0. The summed E-state index contributed by atoms with van der Waals surface area (Å²) >= 11 is 6.02. The van der Waals surface area contributed by atoms with Gasteiger partial charge < -0.3 is 5.11 Å². The van der Waals surface area contributed by atoms with Gasteiger partial charge in [-0.05, 0) is 31.0 Å². The van der Waals surface area contributed by atoms with E-state index in [-0.39, 0.29) is 18.3 Å². The van der Waals surface area contributed by atoms with Crippen molar-refractivity contribution in [3.63, 3.8) is 0 Å². The lowest BCUT2D eigenvalue weighted by Crippen LogP contribution is -2.09. The molecule has 0 fully saturated rings. The molecule has 2 aromatic carbocycles. The third-order valence-electron chi connectivity index (χ3n) is 3.28. The van der Waals surface area contributed by atoms with Crippen LogP contribution in [0.3, 0.4) is 0 Å². The first-order valence-electron chi connectivity index (χ1n) is 6.22. The van der Waals surface area contributed by atoms with Crippen molar-refractivity contribution in [1.82, 2.24) is 0 Å². The van der Waals surface area contributed by atoms with E-state index in [4.69, 9.17) is 11.6 Å². The Bertz CT molecular complexity index is 531. The van der Waals surface area contributed by atoms with Crippen LogP contribution in [0.25, 0.3) is 0 Å². The van der Waals surface area contributed by atoms with E-state index in [1.807, 2.05) is 31.2 Å². The Morgan fingerprint density at radius 2 is 1.84 bits per heavy atom. The third-order valence-corrected chi connectivity index (χ3v) is 3.64. The van der Waals surface area contributed by atoms with Gasteiger partial charge in [-0.3, -0.25) is 0 Å². The molecular weight excluding hydrogens is 263 g/mol. The second-order valence-corrected chi connectivity index (χ2v) is 5.10. The summed E-state index contributed by atoms with van der Waals surface area (Å²) in [5.74, 6) is -0.465. The van der Waals surface area contributed by atoms with Gasteiger partial charge in [0.1, 0.15) is 5.82 Å². The van der Waals surface area contributed by atoms with Crippen LogP contribution in [0.15, 0.2) is 42.5 Å². The van der Waals surface area contributed by atoms with Crippen molar-refractivity contribution in [2.24, 2.45) is 0 Å². The quantitative estimate of drug-likeness (QED) is 0.892. The van der Waals surface area contributed by atoms with Gasteiger partial charge in [0.05, 0.1) is 6.61 Å². The van der Waals surface area contributed by atoms with E-state index in [0.717, 1.165) is 11.1 Å². The van der Waals surface area contributed by atoms with Gasteiger partial charge >= 0.3 is 0 Å². The summed E-state index contributed by atoms with van der Waals surface area (Å²) in [7, 11) is 0. The molecule has 0 aliphatic rings. The van der Waals surface area contributed by atoms with Crippen molar-refractivity contribution in [3.8, 4) is 0 Å². The number of hydrogen-bond donors (Lipinski definition) is 1. The summed E-state index contributed by atoms with van der Waals surface area (Å²) < 4.78 is 13.8. The molecule has 1 nitrogen and oxygen atoms in total. The topological polar surface area (TPSA) is 20.2 Å². The van der Waals surface area contributed by atoms with Crippen LogP contribution in [0.4, 0.5) is 4.39 Å². The maximum atomic E-state index is 13.8. The first kappa shape index (κ1) is 14.0. The summed E-state index contributed by atoms with van der Waals surface area (Å²) in [6.45, 7) is 1.97. The zero-order valence-electron chi connectivity index (χ0n) is 10.7. The second kappa shape index (κ2) is 6.18. The normalized spacial score (nSPS) is 12.4. The predicted octanol–water partition coefficient (Wildman–Crippen LogP) is 4.11. The highest BCUT2D eigenvalue weighted by atomic mass is 35.5. The molecule has 0 amide bonds. The van der Waals surface area contributed by atoms with Crippen molar-refractivity contribution >= 4 is 11.6 Å². The predicted molar refractivity (Wildman–Crippen MR) is 76.1 cm³/mol. The van der Waals surface area contributed by atoms with Crippen LogP contribution >= 0.6 is 11.6 Å². The van der Waals surface area contributed by atoms with Crippen LogP contribution in [0.1, 0.15) is 22.6 Å². The molecule has 1 unspecified atom stereocenters. The van der Waals surface area contributed by atoms with Gasteiger partial charge in [-0.15, -0.1) is 0 Å². The summed E-state index contributed by atoms with van der Waals surface area (Å²) in [5, 5.41) is 9.93. The summed E-state index contributed by atoms with van der Waals surface area (Å²) in [5.41, 5.74) is 2.61. The molecule has 19 heavy (non-hydrogen) atoms. The maximum Gasteiger partial charge on any atom is 0.127 e. The Hall–Kier alpha value is -1.38. The Labute approximate surface area is 117 Å². The Balaban J connectivity index is 2.26. The van der Waals surface area contributed by atoms with E-state index in [1.54, 1.807) is 12.1 Å². The Kier molecular flexibility index (Phi) is 4.56. The van der Waals surface area contributed by atoms with Crippen molar-refractivity contribution in [2.75, 3.05) is 6.61 Å². The van der Waals surface area contributed by atoms with Gasteiger partial charge in [-0.25, -0.2) is 4.39 Å². The number of aliphatic hydroxyl groups is 1. The fraction of sp³-hybridized carbons (Fsp3) is 0.250. The monoisotopic (exact) mass is 278 g/mol. The van der Waals surface area contributed by atoms with E-state index >= 15 is 0 Å². The molecule has 0 bridgehead atoms. The highest BCUT2D eigenvalue weighted by Gasteiger charge is 2.16. The minimum atomic E-state index is -0.321. The molecule has 0 spiro atoms. The van der Waals surface area contributed by atoms with Crippen LogP contribution in [-0.4, -0.2) is 11.7 Å². The highest BCUT2D eigenvalue weighted by molar-refractivity contribution is 6.31. The van der Waals surface area contributed by atoms with Gasteiger partial charge in [0.25, 0.3) is 0 Å². The van der Waals surface area contributed by atoms with Gasteiger partial charge in [0.15, 0.2) is 0 Å². The zero-order valence-corrected chi connectivity index (χ0v) is 11.5. The molecule has 0 aromatic heterocycles. The van der Waals surface area contributed by atoms with Gasteiger partial charge in [0, 0.05) is 16.5 Å². The standard InChI is InChI=1S/C16H16ClFO/c1-11-5-7-12(8-6-11)13(10-19)9-14-15(17)3-2-4-16(14)18/h2-8,13,19H,9-10H2,1H3. The van der Waals surface area contributed by atoms with Crippen molar-refractivity contribution in [1.29, 1.82) is 0 Å². The zero-order chi connectivity index (χ0) is 13.8. The number of benzene rings is 2. The van der Waals surface area contributed by atoms with Crippen LogP contribution in [-0.2, 0) is 6.42 Å². The summed E-state index contributed by atoms with van der Waals surface area (Å²) in [6.07, 6.45) is 0.394. The van der Waals surface area contributed by atoms with Gasteiger partial charge in [0.2, 0.25) is 0 Å². The second-order valence-electron chi connectivity index (χ2n) is 4.69. The first-order chi connectivity index (χ1) is 9.11. The lowest BCUT2D eigenvalue weighted by Gasteiger charge is -2.16. The molecule has 3 heteroatoms. The highest BCUT2D eigenvalue weighted by Crippen LogP contribution is 2.27. The summed E-state index contributed by atoms with van der Waals surface area (Å²) in [6, 6.07) is 12.5. The first-order valence-corrected chi connectivity index (χ1v) is 6.60. The van der Waals surface area contributed by atoms with Gasteiger partial charge in [-0.2, -0.15) is 0 Å². The van der Waals surface area contributed by atoms with E-state index < -0.39 is 0 Å². The number of hydrogen-bond acceptors (Lipinski definition) is 1. The number of halogens is 2. The lowest BCUT2D eigenvalue weighted by molar-refractivity contribution is 0.263. The molecular formula is C16H16ClFO. The largest absolute Gasteiger partial charge is 0.396 e. The van der Waals surface area contributed by atoms with Crippen LogP contribution < -0.4 is 0 Å². The van der Waals surface area contributed by atoms with E-state index in [2.05, 4.69) is 0 Å². The van der Waals surface area contributed by atoms with Crippen molar-refractivity contribution in [2.45, 2.75) is 19.3 Å². The van der Waals surface area contributed by atoms with Crippen molar-refractivity contribution in [3.05, 3.63) is 70.0 Å². The van der Waals surface area contributed by atoms with Crippen LogP contribution in [0.2, 0.25) is 5.02 Å². The van der Waals surface area contributed by atoms with Crippen LogP contribution in [0.5, 0.6) is 0 Å². The van der Waals surface area contributed by atoms with Crippen molar-refractivity contribution < 1.29 is 9.50 Å². The molecule has 0 saturated carbocycles. The SMILES string of the molecule is Cc1ccc(C(CO)Cc2c(F)cccc2Cl)cc1. The Morgan fingerprint density at radius 1 is 1.16 bits per heavy atom. The molecule has 0 heterocycles.